The van der Waals surface area contributed by atoms with E-state index < -0.39 is 0 Å². The fraction of sp³-hybridized carbons (Fsp3) is 0. The molecule has 13 heavy (non-hydrogen) atoms. The maximum atomic E-state index is 9.41. The number of benzene rings is 1. The second kappa shape index (κ2) is 4.26. The average Bonchev–Trinajstić information content (AvgIpc) is 2.12. The number of aromatic hydroxyl groups is 1. The molecule has 0 fully saturated rings. The van der Waals surface area contributed by atoms with Crippen molar-refractivity contribution in [2.75, 3.05) is 0 Å². The average molecular weight is 250 g/mol. The zero-order valence-electron chi connectivity index (χ0n) is 6.16. The molecule has 64 valence electrons. The van der Waals surface area contributed by atoms with Gasteiger partial charge >= 0.3 is 23.1 Å². The number of aromatic nitrogens is 1. The number of rotatable bonds is 0. The molecule has 1 aromatic heterocycles. The van der Waals surface area contributed by atoms with Crippen LogP contribution in [0.4, 0.5) is 0 Å². The summed E-state index contributed by atoms with van der Waals surface area (Å²) < 4.78 is 0.948. The molecule has 0 aliphatic heterocycles. The molecule has 0 saturated carbocycles. The van der Waals surface area contributed by atoms with E-state index in [1.165, 1.54) is 0 Å². The van der Waals surface area contributed by atoms with Gasteiger partial charge in [0, 0.05) is 16.1 Å². The minimum Gasteiger partial charge on any atom is -0.506 e. The van der Waals surface area contributed by atoms with Crippen LogP contribution in [-0.4, -0.2) is 33.1 Å². The van der Waals surface area contributed by atoms with Crippen molar-refractivity contribution in [2.45, 2.75) is 0 Å². The third kappa shape index (κ3) is 1.95. The van der Waals surface area contributed by atoms with E-state index in [1.54, 1.807) is 18.3 Å². The van der Waals surface area contributed by atoms with Gasteiger partial charge in [0.05, 0.1) is 0 Å². The van der Waals surface area contributed by atoms with Crippen molar-refractivity contribution in [2.24, 2.45) is 0 Å². The fourth-order valence-corrected chi connectivity index (χ4v) is 1.58. The van der Waals surface area contributed by atoms with Crippen molar-refractivity contribution < 1.29 is 5.11 Å². The Morgan fingerprint density at radius 1 is 1.23 bits per heavy atom. The molecule has 1 aromatic carbocycles. The van der Waals surface area contributed by atoms with Crippen molar-refractivity contribution in [3.8, 4) is 5.75 Å². The Balaban J connectivity index is 0.000000845. The molecule has 0 aliphatic rings. The summed E-state index contributed by atoms with van der Waals surface area (Å²) in [5.41, 5.74) is 0.631. The van der Waals surface area contributed by atoms with Gasteiger partial charge in [-0.3, -0.25) is 4.98 Å². The molecule has 4 heteroatoms. The quantitative estimate of drug-likeness (QED) is 0.723. The van der Waals surface area contributed by atoms with Crippen LogP contribution in [-0.2, 0) is 0 Å². The molecule has 0 aliphatic carbocycles. The van der Waals surface area contributed by atoms with Crippen LogP contribution in [0.2, 0.25) is 0 Å². The molecule has 0 bridgehead atoms. The zero-order valence-corrected chi connectivity index (χ0v) is 7.75. The summed E-state index contributed by atoms with van der Waals surface area (Å²) in [4.78, 5) is 4.06. The van der Waals surface area contributed by atoms with Crippen LogP contribution in [0, 0.1) is 0 Å². The lowest BCUT2D eigenvalue weighted by molar-refractivity contribution is 0.480. The highest BCUT2D eigenvalue weighted by atomic mass is 79.9. The van der Waals surface area contributed by atoms with Crippen molar-refractivity contribution in [3.63, 3.8) is 0 Å². The molecule has 0 unspecified atom stereocenters. The number of phenolic OH excluding ortho intramolecular Hbond substituents is 1. The molecule has 0 atom stereocenters. The van der Waals surface area contributed by atoms with E-state index >= 15 is 0 Å². The largest absolute Gasteiger partial charge is 0.506 e. The van der Waals surface area contributed by atoms with Crippen molar-refractivity contribution in [1.29, 1.82) is 0 Å². The van der Waals surface area contributed by atoms with Crippen LogP contribution in [0.25, 0.3) is 10.9 Å². The smallest absolute Gasteiger partial charge is 0.316 e. The molecule has 2 aromatic rings. The van der Waals surface area contributed by atoms with Gasteiger partial charge in [0.2, 0.25) is 0 Å². The van der Waals surface area contributed by atoms with Crippen LogP contribution < -0.4 is 0 Å². The Bertz CT molecular complexity index is 392. The topological polar surface area (TPSA) is 33.1 Å². The van der Waals surface area contributed by atoms with E-state index in [1.807, 2.05) is 12.1 Å². The minimum absolute atomic E-state index is 0. The highest BCUT2D eigenvalue weighted by molar-refractivity contribution is 9.10. The number of fused-ring (bicyclic) bond motifs is 1. The molecule has 0 saturated heterocycles. The van der Waals surface area contributed by atoms with Crippen LogP contribution in [0.15, 0.2) is 34.9 Å². The fourth-order valence-electron chi connectivity index (χ4n) is 1.12. The molecular weight excluding hydrogens is 242 g/mol. The van der Waals surface area contributed by atoms with Crippen LogP contribution in [0.1, 0.15) is 0 Å². The lowest BCUT2D eigenvalue weighted by Gasteiger charge is -2.00. The summed E-state index contributed by atoms with van der Waals surface area (Å²) in [7, 11) is 0. The summed E-state index contributed by atoms with van der Waals surface area (Å²) in [6, 6.07) is 7.18. The molecule has 2 rings (SSSR count). The maximum Gasteiger partial charge on any atom is 0.316 e. The number of nitrogens with zero attached hydrogens (tertiary/aromatic N) is 1. The first-order chi connectivity index (χ1) is 5.79. The first-order valence-corrected chi connectivity index (χ1v) is 4.30. The minimum atomic E-state index is 0. The van der Waals surface area contributed by atoms with Gasteiger partial charge in [0.25, 0.3) is 0 Å². The van der Waals surface area contributed by atoms with Crippen LogP contribution in [0.3, 0.4) is 0 Å². The van der Waals surface area contributed by atoms with E-state index in [9.17, 15) is 5.11 Å². The SMILES string of the molecule is Oc1ccc(Br)c2cccnc12.[MgH2]. The van der Waals surface area contributed by atoms with E-state index in [2.05, 4.69) is 20.9 Å². The van der Waals surface area contributed by atoms with Gasteiger partial charge in [-0.1, -0.05) is 22.0 Å². The summed E-state index contributed by atoms with van der Waals surface area (Å²) in [6.45, 7) is 0. The van der Waals surface area contributed by atoms with Gasteiger partial charge in [-0.05, 0) is 18.2 Å². The highest BCUT2D eigenvalue weighted by Crippen LogP contribution is 2.28. The number of phenols is 1. The second-order valence-corrected chi connectivity index (χ2v) is 3.32. The predicted octanol–water partition coefficient (Wildman–Crippen LogP) is 1.79. The Morgan fingerprint density at radius 3 is 2.69 bits per heavy atom. The van der Waals surface area contributed by atoms with Gasteiger partial charge in [0.1, 0.15) is 11.3 Å². The Kier molecular flexibility index (Phi) is 3.52. The van der Waals surface area contributed by atoms with E-state index in [-0.39, 0.29) is 28.8 Å². The van der Waals surface area contributed by atoms with Gasteiger partial charge in [-0.2, -0.15) is 0 Å². The molecule has 1 heterocycles. The van der Waals surface area contributed by atoms with Crippen molar-refractivity contribution >= 4 is 49.9 Å². The van der Waals surface area contributed by atoms with Gasteiger partial charge in [-0.25, -0.2) is 0 Å². The number of pyridine rings is 1. The van der Waals surface area contributed by atoms with Crippen molar-refractivity contribution in [3.05, 3.63) is 34.9 Å². The lowest BCUT2D eigenvalue weighted by atomic mass is 10.2. The molecule has 0 spiro atoms. The molecule has 1 N–H and O–H groups in total. The molecule has 0 radical (unpaired) electrons. The monoisotopic (exact) mass is 249 g/mol. The third-order valence-electron chi connectivity index (χ3n) is 1.70. The van der Waals surface area contributed by atoms with Crippen LogP contribution >= 0.6 is 15.9 Å². The van der Waals surface area contributed by atoms with Crippen LogP contribution in [0.5, 0.6) is 5.75 Å². The first-order valence-electron chi connectivity index (χ1n) is 3.51. The zero-order chi connectivity index (χ0) is 8.55. The van der Waals surface area contributed by atoms with Gasteiger partial charge in [-0.15, -0.1) is 0 Å². The van der Waals surface area contributed by atoms with E-state index in [0.29, 0.717) is 5.52 Å². The number of halogens is 1. The molecule has 2 nitrogen and oxygen atoms in total. The third-order valence-corrected chi connectivity index (χ3v) is 2.39. The Labute approximate surface area is 100 Å². The first kappa shape index (κ1) is 10.8. The standard InChI is InChI=1S/C9H6BrNO.Mg.2H/c10-7-3-4-8(12)9-6(7)2-1-5-11-9;;;/h1-5,12H;;;. The van der Waals surface area contributed by atoms with E-state index in [0.717, 1.165) is 9.86 Å². The lowest BCUT2D eigenvalue weighted by Crippen LogP contribution is -1.79. The summed E-state index contributed by atoms with van der Waals surface area (Å²) in [6.07, 6.45) is 1.66. The number of hydrogen-bond donors (Lipinski definition) is 1. The van der Waals surface area contributed by atoms with Gasteiger partial charge < -0.3 is 5.11 Å². The summed E-state index contributed by atoms with van der Waals surface area (Å²) in [5.74, 6) is 0.216. The Hall–Kier alpha value is -0.324. The van der Waals surface area contributed by atoms with Gasteiger partial charge in [0.15, 0.2) is 0 Å². The second-order valence-electron chi connectivity index (χ2n) is 2.47. The number of hydrogen-bond acceptors (Lipinski definition) is 2. The summed E-state index contributed by atoms with van der Waals surface area (Å²) in [5, 5.41) is 10.3. The summed E-state index contributed by atoms with van der Waals surface area (Å²) >= 11 is 3.38. The highest BCUT2D eigenvalue weighted by Gasteiger charge is 2.02. The van der Waals surface area contributed by atoms with E-state index in [4.69, 9.17) is 0 Å². The Morgan fingerprint density at radius 2 is 2.00 bits per heavy atom. The molecule has 0 amide bonds. The normalized spacial score (nSPS) is 9.62. The molecular formula is C9H8BrMgNO. The maximum absolute atomic E-state index is 9.41. The predicted molar refractivity (Wildman–Crippen MR) is 59.7 cm³/mol. The van der Waals surface area contributed by atoms with Crippen molar-refractivity contribution in [1.82, 2.24) is 4.98 Å².